The second-order valence-corrected chi connectivity index (χ2v) is 26.9. The molecule has 102 heavy (non-hydrogen) atoms. The second kappa shape index (κ2) is 21.9. The predicted octanol–water partition coefficient (Wildman–Crippen LogP) is 26.2. The summed E-state index contributed by atoms with van der Waals surface area (Å²) in [6.07, 6.45) is 0. The van der Waals surface area contributed by atoms with Gasteiger partial charge in [0.1, 0.15) is 22.3 Å². The summed E-state index contributed by atoms with van der Waals surface area (Å²) in [6.45, 7) is 0. The maximum atomic E-state index is 6.95. The molecule has 0 bridgehead atoms. The minimum Gasteiger partial charge on any atom is -0.456 e. The van der Waals surface area contributed by atoms with Crippen LogP contribution in [0.1, 0.15) is 0 Å². The normalized spacial score (nSPS) is 12.1. The van der Waals surface area contributed by atoms with Gasteiger partial charge in [-0.25, -0.2) is 0 Å². The van der Waals surface area contributed by atoms with Crippen molar-refractivity contribution in [2.45, 2.75) is 0 Å². The molecule has 6 aromatic heterocycles. The smallest absolute Gasteiger partial charge is 0.143 e. The number of benzene rings is 16. The molecule has 0 saturated carbocycles. The maximum Gasteiger partial charge on any atom is 0.143 e. The van der Waals surface area contributed by atoms with Gasteiger partial charge in [-0.15, -0.1) is 0 Å². The van der Waals surface area contributed by atoms with Crippen LogP contribution in [-0.2, 0) is 0 Å². The number of hydrogen-bond acceptors (Lipinski definition) is 2. The molecule has 6 heterocycles. The molecule has 0 aliphatic rings. The van der Waals surface area contributed by atoms with Gasteiger partial charge >= 0.3 is 0 Å². The molecule has 0 aliphatic heterocycles. The molecule has 0 N–H and O–H groups in total. The highest BCUT2D eigenvalue weighted by Crippen LogP contribution is 2.50. The van der Waals surface area contributed by atoms with E-state index < -0.39 is 0 Å². The van der Waals surface area contributed by atoms with Gasteiger partial charge in [-0.2, -0.15) is 0 Å². The van der Waals surface area contributed by atoms with E-state index in [0.717, 1.165) is 138 Å². The average Bonchev–Trinajstić information content (AvgIpc) is 1.56. The van der Waals surface area contributed by atoms with E-state index in [9.17, 15) is 0 Å². The van der Waals surface area contributed by atoms with Crippen LogP contribution in [0, 0.1) is 0 Å². The summed E-state index contributed by atoms with van der Waals surface area (Å²) in [4.78, 5) is 0. The molecule has 22 aromatic rings. The quantitative estimate of drug-likeness (QED) is 0.145. The molecule has 0 unspecified atom stereocenters. The molecule has 6 nitrogen and oxygen atoms in total. The highest BCUT2D eigenvalue weighted by atomic mass is 16.3. The zero-order valence-electron chi connectivity index (χ0n) is 55.1. The van der Waals surface area contributed by atoms with Gasteiger partial charge in [-0.05, 0) is 137 Å². The van der Waals surface area contributed by atoms with Gasteiger partial charge < -0.3 is 27.1 Å². The van der Waals surface area contributed by atoms with Crippen molar-refractivity contribution in [3.8, 4) is 78.4 Å². The molecule has 0 aliphatic carbocycles. The molecular formula is C96H58N4O2. The summed E-state index contributed by atoms with van der Waals surface area (Å²) in [7, 11) is 0. The SMILES string of the molecule is c1ccc(-n2c3ccccc3c3c(-c4cccc5c6ccccc6n(-c6ccccc6-c6ccc7oc8cc(-c9ccc%10c(c9)c9cccc(-c%11cccc%12c%11c%11ccccc%11n%12-c%11ccccc%11)c9n%10-c9ccccc9-c9cccc%10c9oc9ccccc9%10)ccc8c7c6)c45)cccc32)cc1. The molecule has 0 amide bonds. The van der Waals surface area contributed by atoms with Crippen LogP contribution >= 0.6 is 0 Å². The Hall–Kier alpha value is -13.7. The first-order valence-corrected chi connectivity index (χ1v) is 35.0. The van der Waals surface area contributed by atoms with E-state index in [-0.39, 0.29) is 0 Å². The fraction of sp³-hybridized carbons (Fsp3) is 0. The number of aromatic nitrogens is 4. The molecular weight excluding hydrogens is 1240 g/mol. The van der Waals surface area contributed by atoms with Gasteiger partial charge in [-0.1, -0.05) is 243 Å². The lowest BCUT2D eigenvalue weighted by Crippen LogP contribution is -1.99. The van der Waals surface area contributed by atoms with Crippen molar-refractivity contribution in [2.75, 3.05) is 0 Å². The largest absolute Gasteiger partial charge is 0.456 e. The molecule has 6 heteroatoms. The van der Waals surface area contributed by atoms with E-state index in [2.05, 4.69) is 364 Å². The third-order valence-corrected chi connectivity index (χ3v) is 21.6. The van der Waals surface area contributed by atoms with Crippen LogP contribution in [-0.4, -0.2) is 18.3 Å². The van der Waals surface area contributed by atoms with Crippen molar-refractivity contribution in [3.05, 3.63) is 352 Å². The minimum absolute atomic E-state index is 0.837. The Morgan fingerprint density at radius 3 is 1.25 bits per heavy atom. The number of furan rings is 2. The number of hydrogen-bond donors (Lipinski definition) is 0. The van der Waals surface area contributed by atoms with Crippen molar-refractivity contribution in [1.82, 2.24) is 18.3 Å². The van der Waals surface area contributed by atoms with Crippen molar-refractivity contribution < 1.29 is 8.83 Å². The molecule has 474 valence electrons. The molecule has 0 saturated heterocycles. The molecule has 0 fully saturated rings. The summed E-state index contributed by atoms with van der Waals surface area (Å²) >= 11 is 0. The van der Waals surface area contributed by atoms with Crippen molar-refractivity contribution >= 4 is 131 Å². The Balaban J connectivity index is 0.703. The minimum atomic E-state index is 0.837. The Labute approximate surface area is 584 Å². The van der Waals surface area contributed by atoms with E-state index in [1.165, 1.54) is 71.1 Å². The van der Waals surface area contributed by atoms with Crippen molar-refractivity contribution in [3.63, 3.8) is 0 Å². The van der Waals surface area contributed by atoms with E-state index in [1.807, 2.05) is 6.07 Å². The molecule has 16 aromatic carbocycles. The van der Waals surface area contributed by atoms with Crippen molar-refractivity contribution in [1.29, 1.82) is 0 Å². The number of fused-ring (bicyclic) bond motifs is 18. The zero-order chi connectivity index (χ0) is 66.7. The van der Waals surface area contributed by atoms with Gasteiger partial charge in [0.15, 0.2) is 0 Å². The van der Waals surface area contributed by atoms with Gasteiger partial charge in [-0.3, -0.25) is 0 Å². The number of nitrogens with zero attached hydrogens (tertiary/aromatic N) is 4. The average molecular weight is 1300 g/mol. The van der Waals surface area contributed by atoms with Gasteiger partial charge in [0.25, 0.3) is 0 Å². The predicted molar refractivity (Wildman–Crippen MR) is 426 cm³/mol. The summed E-state index contributed by atoms with van der Waals surface area (Å²) < 4.78 is 23.6. The molecule has 0 atom stereocenters. The molecule has 22 rings (SSSR count). The van der Waals surface area contributed by atoms with E-state index in [1.54, 1.807) is 0 Å². The van der Waals surface area contributed by atoms with Gasteiger partial charge in [0, 0.05) is 104 Å². The van der Waals surface area contributed by atoms with Gasteiger partial charge in [0.05, 0.1) is 55.5 Å². The van der Waals surface area contributed by atoms with Crippen LogP contribution in [0.25, 0.3) is 209 Å². The lowest BCUT2D eigenvalue weighted by molar-refractivity contribution is 0.669. The first kappa shape index (κ1) is 56.3. The van der Waals surface area contributed by atoms with E-state index in [4.69, 9.17) is 8.83 Å². The van der Waals surface area contributed by atoms with Crippen LogP contribution in [0.15, 0.2) is 361 Å². The fourth-order valence-electron chi connectivity index (χ4n) is 17.3. The van der Waals surface area contributed by atoms with Gasteiger partial charge in [0.2, 0.25) is 0 Å². The standard InChI is InChI=1S/C96H58N4O2/c1-3-24-62(25-4-1)97-84-45-16-10-32-77(84)92-69(34-22-47-87(92)97)72-37-19-36-71-65-29-8-14-43-82(65)99(94(71)72)81-42-13-7-28-64(81)61-52-55-90-80(57-61)68-53-50-60(58-91(68)101-90)59-51-54-86-79(56-59)74-39-20-38-73(70-35-23-48-88-93(70)78-33-11-17-46-85(78)98(88)63-26-5-2-6-27-63)95(74)100(86)83-44-15-9-30-66(83)75-40-21-41-76-67-31-12-18-49-89(67)102-96(75)76/h1-58H. The third-order valence-electron chi connectivity index (χ3n) is 21.6. The van der Waals surface area contributed by atoms with Crippen LogP contribution in [0.4, 0.5) is 0 Å². The van der Waals surface area contributed by atoms with Crippen LogP contribution in [0.5, 0.6) is 0 Å². The highest BCUT2D eigenvalue weighted by molar-refractivity contribution is 6.24. The zero-order valence-corrected chi connectivity index (χ0v) is 55.1. The summed E-state index contributed by atoms with van der Waals surface area (Å²) in [5.41, 5.74) is 28.3. The lowest BCUT2D eigenvalue weighted by atomic mass is 9.96. The molecule has 0 spiro atoms. The van der Waals surface area contributed by atoms with Crippen molar-refractivity contribution in [2.24, 2.45) is 0 Å². The van der Waals surface area contributed by atoms with Crippen LogP contribution < -0.4 is 0 Å². The lowest BCUT2D eigenvalue weighted by Gasteiger charge is -2.17. The summed E-state index contributed by atoms with van der Waals surface area (Å²) in [6, 6.07) is 128. The Kier molecular flexibility index (Phi) is 12.1. The third kappa shape index (κ3) is 8.17. The van der Waals surface area contributed by atoms with Crippen LogP contribution in [0.3, 0.4) is 0 Å². The van der Waals surface area contributed by atoms with E-state index in [0.29, 0.717) is 0 Å². The first-order valence-electron chi connectivity index (χ1n) is 35.0. The fourth-order valence-corrected chi connectivity index (χ4v) is 17.3. The highest BCUT2D eigenvalue weighted by Gasteiger charge is 2.27. The monoisotopic (exact) mass is 1300 g/mol. The first-order chi connectivity index (χ1) is 50.6. The number of rotatable bonds is 9. The maximum absolute atomic E-state index is 6.95. The Morgan fingerprint density at radius 1 is 0.186 bits per heavy atom. The number of para-hydroxylation sites is 11. The van der Waals surface area contributed by atoms with Crippen LogP contribution in [0.2, 0.25) is 0 Å². The Morgan fingerprint density at radius 2 is 0.598 bits per heavy atom. The summed E-state index contributed by atoms with van der Waals surface area (Å²) in [5.74, 6) is 0. The second-order valence-electron chi connectivity index (χ2n) is 26.9. The topological polar surface area (TPSA) is 46.0 Å². The molecule has 0 radical (unpaired) electrons. The summed E-state index contributed by atoms with van der Waals surface area (Å²) in [5, 5.41) is 13.9. The van der Waals surface area contributed by atoms with E-state index >= 15 is 0 Å². The Bertz CT molecular complexity index is 7250.